The van der Waals surface area contributed by atoms with Crippen LogP contribution in [0.15, 0.2) is 53.6 Å². The number of alkyl halides is 10. The van der Waals surface area contributed by atoms with Crippen LogP contribution >= 0.6 is 22.6 Å². The number of carbonyl (C=O) groups excluding carboxylic acids is 1. The molecule has 2 aromatic carbocycles. The Morgan fingerprint density at radius 3 is 2.05 bits per heavy atom. The molecule has 0 radical (unpaired) electrons. The lowest BCUT2D eigenvalue weighted by Gasteiger charge is -2.31. The van der Waals surface area contributed by atoms with Crippen molar-refractivity contribution < 1.29 is 57.6 Å². The van der Waals surface area contributed by atoms with Crippen LogP contribution in [0.3, 0.4) is 0 Å². The van der Waals surface area contributed by atoms with Crippen molar-refractivity contribution in [3.63, 3.8) is 0 Å². The molecule has 1 aromatic heterocycles. The molecule has 5 nitrogen and oxygen atoms in total. The number of fused-ring (bicyclic) bond motifs is 1. The highest BCUT2D eigenvalue weighted by atomic mass is 127. The first-order valence-corrected chi connectivity index (χ1v) is 11.6. The van der Waals surface area contributed by atoms with Gasteiger partial charge in [-0.15, -0.1) is 0 Å². The molecule has 0 aliphatic heterocycles. The zero-order valence-electron chi connectivity index (χ0n) is 17.4. The molecular weight excluding hydrogens is 665 g/mol. The van der Waals surface area contributed by atoms with E-state index in [0.717, 1.165) is 40.9 Å². The normalized spacial score (nSPS) is 14.0. The fourth-order valence-electron chi connectivity index (χ4n) is 3.17. The Hall–Kier alpha value is -2.70. The molecule has 17 heteroatoms. The number of rotatable bonds is 4. The zero-order valence-corrected chi connectivity index (χ0v) is 20.3. The molecule has 0 aliphatic rings. The van der Waals surface area contributed by atoms with Crippen LogP contribution < -0.4 is 10.0 Å². The lowest BCUT2D eigenvalue weighted by molar-refractivity contribution is -0.577. The first-order valence-electron chi connectivity index (χ1n) is 9.37. The van der Waals surface area contributed by atoms with E-state index < -0.39 is 66.0 Å². The summed E-state index contributed by atoms with van der Waals surface area (Å²) in [6.45, 7) is 0. The van der Waals surface area contributed by atoms with Crippen LogP contribution in [0.2, 0.25) is 0 Å². The van der Waals surface area contributed by atoms with Crippen LogP contribution in [0.25, 0.3) is 10.9 Å². The Bertz CT molecular complexity index is 1390. The molecular formula is C20H9F10IN2O3S. The maximum Gasteiger partial charge on any atom is 0.475 e. The van der Waals surface area contributed by atoms with E-state index in [2.05, 4.69) is 0 Å². The Morgan fingerprint density at radius 1 is 0.919 bits per heavy atom. The van der Waals surface area contributed by atoms with Crippen molar-refractivity contribution in [3.8, 4) is 0 Å². The number of pyridine rings is 1. The number of hydrogen-bond donors (Lipinski definition) is 1. The monoisotopic (exact) mass is 674 g/mol. The number of halogens is 11. The SMILES string of the molecule is O=C(Nc1c(I)cc(C(F)(C(F)(F)F)C(F)(F)F)cc1S(=O)C(F)(F)F)c1ccc2ccc[n+]([O-])c2c1. The third kappa shape index (κ3) is 5.32. The van der Waals surface area contributed by atoms with E-state index in [1.54, 1.807) is 0 Å². The lowest BCUT2D eigenvalue weighted by atomic mass is 9.94. The van der Waals surface area contributed by atoms with Gasteiger partial charge < -0.3 is 10.5 Å². The average Bonchev–Trinajstić information content (AvgIpc) is 2.77. The smallest absolute Gasteiger partial charge is 0.475 e. The average molecular weight is 674 g/mol. The number of benzene rings is 2. The van der Waals surface area contributed by atoms with Crippen molar-refractivity contribution in [1.29, 1.82) is 0 Å². The highest BCUT2D eigenvalue weighted by Crippen LogP contribution is 2.54. The van der Waals surface area contributed by atoms with E-state index >= 15 is 0 Å². The van der Waals surface area contributed by atoms with Crippen molar-refractivity contribution in [2.45, 2.75) is 28.4 Å². The molecule has 3 aromatic rings. The van der Waals surface area contributed by atoms with Crippen molar-refractivity contribution in [2.75, 3.05) is 5.32 Å². The van der Waals surface area contributed by atoms with E-state index in [1.165, 1.54) is 18.2 Å². The summed E-state index contributed by atoms with van der Waals surface area (Å²) in [7, 11) is -4.29. The van der Waals surface area contributed by atoms with Gasteiger partial charge in [0.15, 0.2) is 17.0 Å². The molecule has 0 aliphatic carbocycles. The Labute approximate surface area is 215 Å². The summed E-state index contributed by atoms with van der Waals surface area (Å²) in [4.78, 5) is 11.0. The van der Waals surface area contributed by atoms with Crippen LogP contribution in [0.5, 0.6) is 0 Å². The largest absolute Gasteiger partial charge is 0.618 e. The maximum absolute atomic E-state index is 14.6. The summed E-state index contributed by atoms with van der Waals surface area (Å²) in [6.07, 6.45) is -12.2. The fraction of sp³-hybridized carbons (Fsp3) is 0.200. The molecule has 1 unspecified atom stereocenters. The molecule has 1 heterocycles. The van der Waals surface area contributed by atoms with Crippen LogP contribution in [0.4, 0.5) is 49.6 Å². The zero-order chi connectivity index (χ0) is 28.1. The summed E-state index contributed by atoms with van der Waals surface area (Å²) in [5.74, 6) is -1.25. The summed E-state index contributed by atoms with van der Waals surface area (Å²) < 4.78 is 145. The van der Waals surface area contributed by atoms with Crippen molar-refractivity contribution in [2.24, 2.45) is 0 Å². The van der Waals surface area contributed by atoms with Gasteiger partial charge in [-0.3, -0.25) is 4.79 Å². The first kappa shape index (κ1) is 28.9. The van der Waals surface area contributed by atoms with Gasteiger partial charge in [-0.05, 0) is 52.9 Å². The second kappa shape index (κ2) is 9.55. The highest BCUT2D eigenvalue weighted by molar-refractivity contribution is 14.1. The van der Waals surface area contributed by atoms with Gasteiger partial charge in [0, 0.05) is 32.2 Å². The van der Waals surface area contributed by atoms with Crippen molar-refractivity contribution in [1.82, 2.24) is 0 Å². The van der Waals surface area contributed by atoms with Gasteiger partial charge in [0.2, 0.25) is 5.52 Å². The predicted octanol–water partition coefficient (Wildman–Crippen LogP) is 6.25. The number of hydrogen-bond acceptors (Lipinski definition) is 3. The van der Waals surface area contributed by atoms with Crippen molar-refractivity contribution in [3.05, 3.63) is 68.6 Å². The molecule has 1 amide bonds. The Kier molecular flexibility index (Phi) is 7.45. The molecule has 1 atom stereocenters. The number of amides is 1. The molecule has 0 saturated carbocycles. The minimum Gasteiger partial charge on any atom is -0.618 e. The fourth-order valence-corrected chi connectivity index (χ4v) is 4.94. The van der Waals surface area contributed by atoms with Crippen LogP contribution in [-0.4, -0.2) is 28.0 Å². The van der Waals surface area contributed by atoms with Gasteiger partial charge in [-0.1, -0.05) is 0 Å². The number of nitrogens with zero attached hydrogens (tertiary/aromatic N) is 1. The van der Waals surface area contributed by atoms with Gasteiger partial charge in [0.1, 0.15) is 0 Å². The van der Waals surface area contributed by atoms with E-state index in [1.807, 2.05) is 5.32 Å². The van der Waals surface area contributed by atoms with E-state index in [9.17, 15) is 58.1 Å². The van der Waals surface area contributed by atoms with Gasteiger partial charge in [0.25, 0.3) is 5.91 Å². The predicted molar refractivity (Wildman–Crippen MR) is 117 cm³/mol. The Balaban J connectivity index is 2.20. The number of nitrogens with one attached hydrogen (secondary N) is 1. The van der Waals surface area contributed by atoms with E-state index in [0.29, 0.717) is 10.1 Å². The quantitative estimate of drug-likeness (QED) is 0.154. The van der Waals surface area contributed by atoms with E-state index in [-0.39, 0.29) is 17.1 Å². The molecule has 0 fully saturated rings. The summed E-state index contributed by atoms with van der Waals surface area (Å²) >= 11 is 0.970. The molecule has 200 valence electrons. The molecule has 0 spiro atoms. The summed E-state index contributed by atoms with van der Waals surface area (Å²) in [5, 5.41) is 14.1. The van der Waals surface area contributed by atoms with Gasteiger partial charge in [-0.25, -0.2) is 8.60 Å². The maximum atomic E-state index is 14.6. The summed E-state index contributed by atoms with van der Waals surface area (Å²) in [6, 6.07) is 5.71. The van der Waals surface area contributed by atoms with Crippen LogP contribution in [0, 0.1) is 8.78 Å². The molecule has 3 rings (SSSR count). The van der Waals surface area contributed by atoms with E-state index in [4.69, 9.17) is 0 Å². The summed E-state index contributed by atoms with van der Waals surface area (Å²) in [5.41, 5.74) is -15.6. The standard InChI is InChI=1S/C20H9F10IN2O3S/c21-17(18(22,23)24,19(25,26)27)11-7-12(31)15(14(8-11)37(36)20(28,29)30)32-16(34)10-4-3-9-2-1-5-33(35)13(9)6-10/h1-8H,(H,32,34). The number of anilines is 1. The first-order chi connectivity index (χ1) is 16.8. The molecule has 0 saturated heterocycles. The minimum atomic E-state index is -6.66. The molecule has 0 bridgehead atoms. The van der Waals surface area contributed by atoms with Gasteiger partial charge in [0.05, 0.1) is 10.6 Å². The van der Waals surface area contributed by atoms with Gasteiger partial charge >= 0.3 is 23.5 Å². The van der Waals surface area contributed by atoms with Gasteiger partial charge in [-0.2, -0.15) is 44.2 Å². The topological polar surface area (TPSA) is 73.1 Å². The second-order valence-corrected chi connectivity index (χ2v) is 9.86. The number of carbonyl (C=O) groups is 1. The highest BCUT2D eigenvalue weighted by Gasteiger charge is 2.73. The Morgan fingerprint density at radius 2 is 1.51 bits per heavy atom. The van der Waals surface area contributed by atoms with Crippen LogP contribution in [0.1, 0.15) is 15.9 Å². The van der Waals surface area contributed by atoms with Crippen LogP contribution in [-0.2, 0) is 16.5 Å². The third-order valence-electron chi connectivity index (χ3n) is 4.91. The number of aromatic nitrogens is 1. The molecule has 37 heavy (non-hydrogen) atoms. The molecule has 1 N–H and O–H groups in total. The second-order valence-electron chi connectivity index (χ2n) is 7.26. The third-order valence-corrected chi connectivity index (χ3v) is 6.90. The minimum absolute atomic E-state index is 0.0585. The van der Waals surface area contributed by atoms with Crippen molar-refractivity contribution >= 4 is 55.9 Å². The lowest BCUT2D eigenvalue weighted by Crippen LogP contribution is -2.50.